The van der Waals surface area contributed by atoms with Gasteiger partial charge < -0.3 is 9.47 Å². The summed E-state index contributed by atoms with van der Waals surface area (Å²) in [5.41, 5.74) is 0. The molecule has 0 aromatic carbocycles. The van der Waals surface area contributed by atoms with Crippen LogP contribution in [0.3, 0.4) is 0 Å². The van der Waals surface area contributed by atoms with Crippen molar-refractivity contribution in [3.05, 3.63) is 0 Å². The molecule has 0 spiro atoms. The van der Waals surface area contributed by atoms with Crippen molar-refractivity contribution in [3.63, 3.8) is 0 Å². The van der Waals surface area contributed by atoms with Crippen LogP contribution in [0, 0.1) is 11.8 Å². The Bertz CT molecular complexity index is 81.8. The maximum absolute atomic E-state index is 5.17. The van der Waals surface area contributed by atoms with Crippen molar-refractivity contribution in [1.82, 2.24) is 0 Å². The monoisotopic (exact) mass is 174 g/mol. The van der Waals surface area contributed by atoms with Crippen molar-refractivity contribution in [2.75, 3.05) is 27.4 Å². The molecular formula is C10H22O2. The van der Waals surface area contributed by atoms with Gasteiger partial charge in [-0.05, 0) is 11.8 Å². The normalized spacial score (nSPS) is 16.0. The molecule has 0 N–H and O–H groups in total. The van der Waals surface area contributed by atoms with Gasteiger partial charge in [0.25, 0.3) is 0 Å². The number of hydrogen-bond donors (Lipinski definition) is 0. The van der Waals surface area contributed by atoms with Crippen molar-refractivity contribution >= 4 is 0 Å². The molecule has 74 valence electrons. The van der Waals surface area contributed by atoms with Crippen LogP contribution in [0.5, 0.6) is 0 Å². The van der Waals surface area contributed by atoms with Crippen molar-refractivity contribution in [2.24, 2.45) is 11.8 Å². The molecule has 0 aromatic heterocycles. The second kappa shape index (κ2) is 7.56. The summed E-state index contributed by atoms with van der Waals surface area (Å²) in [4.78, 5) is 0. The molecule has 2 heteroatoms. The Balaban J connectivity index is 3.84. The fourth-order valence-electron chi connectivity index (χ4n) is 1.60. The van der Waals surface area contributed by atoms with Crippen LogP contribution in [0.4, 0.5) is 0 Å². The molecule has 0 bridgehead atoms. The molecule has 0 saturated heterocycles. The number of hydrogen-bond acceptors (Lipinski definition) is 2. The molecular weight excluding hydrogens is 152 g/mol. The van der Waals surface area contributed by atoms with Crippen LogP contribution in [-0.4, -0.2) is 27.4 Å². The van der Waals surface area contributed by atoms with Gasteiger partial charge in [0.2, 0.25) is 0 Å². The second-order valence-electron chi connectivity index (χ2n) is 3.25. The van der Waals surface area contributed by atoms with Gasteiger partial charge in [0.1, 0.15) is 0 Å². The van der Waals surface area contributed by atoms with Crippen LogP contribution in [0.15, 0.2) is 0 Å². The molecule has 2 atom stereocenters. The van der Waals surface area contributed by atoms with E-state index in [1.807, 2.05) is 0 Å². The van der Waals surface area contributed by atoms with Gasteiger partial charge in [0.15, 0.2) is 0 Å². The van der Waals surface area contributed by atoms with E-state index >= 15 is 0 Å². The van der Waals surface area contributed by atoms with Crippen LogP contribution >= 0.6 is 0 Å². The standard InChI is InChI=1S/C10H22O2/c1-5-9(7-11-3)10(6-2)8-12-4/h9-10H,5-8H2,1-4H3. The first-order valence-corrected chi connectivity index (χ1v) is 4.77. The van der Waals surface area contributed by atoms with Crippen LogP contribution in [0.25, 0.3) is 0 Å². The Hall–Kier alpha value is -0.0800. The summed E-state index contributed by atoms with van der Waals surface area (Å²) in [6.07, 6.45) is 2.35. The van der Waals surface area contributed by atoms with E-state index in [1.165, 1.54) is 12.8 Å². The summed E-state index contributed by atoms with van der Waals surface area (Å²) < 4.78 is 10.3. The zero-order valence-electron chi connectivity index (χ0n) is 8.80. The Labute approximate surface area is 76.3 Å². The van der Waals surface area contributed by atoms with Crippen molar-refractivity contribution in [1.29, 1.82) is 0 Å². The van der Waals surface area contributed by atoms with Gasteiger partial charge in [-0.3, -0.25) is 0 Å². The maximum atomic E-state index is 5.17. The highest BCUT2D eigenvalue weighted by atomic mass is 16.5. The minimum absolute atomic E-state index is 0.653. The summed E-state index contributed by atoms with van der Waals surface area (Å²) in [5.74, 6) is 1.31. The number of methoxy groups -OCH3 is 2. The van der Waals surface area contributed by atoms with Crippen molar-refractivity contribution < 1.29 is 9.47 Å². The average molecular weight is 174 g/mol. The average Bonchev–Trinajstić information content (AvgIpc) is 2.11. The van der Waals surface area contributed by atoms with E-state index in [1.54, 1.807) is 14.2 Å². The van der Waals surface area contributed by atoms with E-state index in [0.717, 1.165) is 13.2 Å². The minimum atomic E-state index is 0.653. The van der Waals surface area contributed by atoms with E-state index in [2.05, 4.69) is 13.8 Å². The maximum Gasteiger partial charge on any atom is 0.0493 e. The Morgan fingerprint density at radius 2 is 1.17 bits per heavy atom. The van der Waals surface area contributed by atoms with E-state index < -0.39 is 0 Å². The molecule has 12 heavy (non-hydrogen) atoms. The largest absolute Gasteiger partial charge is 0.384 e. The molecule has 0 aromatic rings. The second-order valence-corrected chi connectivity index (χ2v) is 3.25. The SMILES string of the molecule is CCC(COC)C(CC)COC. The van der Waals surface area contributed by atoms with Crippen molar-refractivity contribution in [2.45, 2.75) is 26.7 Å². The number of rotatable bonds is 7. The molecule has 0 aliphatic rings. The third-order valence-electron chi connectivity index (χ3n) is 2.48. The highest BCUT2D eigenvalue weighted by Crippen LogP contribution is 2.19. The summed E-state index contributed by atoms with van der Waals surface area (Å²) >= 11 is 0. The lowest BCUT2D eigenvalue weighted by atomic mass is 9.89. The van der Waals surface area contributed by atoms with Gasteiger partial charge in [-0.2, -0.15) is 0 Å². The molecule has 0 amide bonds. The van der Waals surface area contributed by atoms with Crippen LogP contribution in [-0.2, 0) is 9.47 Å². The van der Waals surface area contributed by atoms with Crippen LogP contribution in [0.1, 0.15) is 26.7 Å². The molecule has 0 heterocycles. The summed E-state index contributed by atoms with van der Waals surface area (Å²) in [7, 11) is 3.53. The molecule has 0 rings (SSSR count). The molecule has 0 aliphatic carbocycles. The first-order valence-electron chi connectivity index (χ1n) is 4.77. The summed E-state index contributed by atoms with van der Waals surface area (Å²) in [6, 6.07) is 0. The van der Waals surface area contributed by atoms with Gasteiger partial charge in [-0.15, -0.1) is 0 Å². The summed E-state index contributed by atoms with van der Waals surface area (Å²) in [6.45, 7) is 6.14. The topological polar surface area (TPSA) is 18.5 Å². The third kappa shape index (κ3) is 4.07. The molecule has 2 nitrogen and oxygen atoms in total. The highest BCUT2D eigenvalue weighted by molar-refractivity contribution is 4.66. The first kappa shape index (κ1) is 11.9. The fourth-order valence-corrected chi connectivity index (χ4v) is 1.60. The molecule has 0 radical (unpaired) electrons. The lowest BCUT2D eigenvalue weighted by molar-refractivity contribution is 0.0662. The first-order chi connectivity index (χ1) is 5.79. The predicted molar refractivity (Wildman–Crippen MR) is 51.3 cm³/mol. The van der Waals surface area contributed by atoms with Gasteiger partial charge in [0, 0.05) is 27.4 Å². The van der Waals surface area contributed by atoms with Crippen LogP contribution < -0.4 is 0 Å². The van der Waals surface area contributed by atoms with E-state index in [4.69, 9.17) is 9.47 Å². The van der Waals surface area contributed by atoms with Gasteiger partial charge in [0.05, 0.1) is 0 Å². The molecule has 0 aliphatic heterocycles. The zero-order chi connectivity index (χ0) is 9.40. The lowest BCUT2D eigenvalue weighted by Crippen LogP contribution is -2.22. The zero-order valence-corrected chi connectivity index (χ0v) is 8.80. The Morgan fingerprint density at radius 1 is 0.833 bits per heavy atom. The fraction of sp³-hybridized carbons (Fsp3) is 1.00. The minimum Gasteiger partial charge on any atom is -0.384 e. The predicted octanol–water partition coefficient (Wildman–Crippen LogP) is 2.33. The van der Waals surface area contributed by atoms with Gasteiger partial charge in [-0.25, -0.2) is 0 Å². The van der Waals surface area contributed by atoms with Gasteiger partial charge in [-0.1, -0.05) is 26.7 Å². The van der Waals surface area contributed by atoms with Gasteiger partial charge >= 0.3 is 0 Å². The quantitative estimate of drug-likeness (QED) is 0.589. The Morgan fingerprint density at radius 3 is 1.33 bits per heavy atom. The number of ether oxygens (including phenoxy) is 2. The lowest BCUT2D eigenvalue weighted by Gasteiger charge is -2.23. The smallest absolute Gasteiger partial charge is 0.0493 e. The van der Waals surface area contributed by atoms with E-state index in [-0.39, 0.29) is 0 Å². The molecule has 0 fully saturated rings. The molecule has 2 unspecified atom stereocenters. The van der Waals surface area contributed by atoms with Crippen LogP contribution in [0.2, 0.25) is 0 Å². The summed E-state index contributed by atoms with van der Waals surface area (Å²) in [5, 5.41) is 0. The third-order valence-corrected chi connectivity index (χ3v) is 2.48. The highest BCUT2D eigenvalue weighted by Gasteiger charge is 2.17. The van der Waals surface area contributed by atoms with E-state index in [9.17, 15) is 0 Å². The van der Waals surface area contributed by atoms with E-state index in [0.29, 0.717) is 11.8 Å². The van der Waals surface area contributed by atoms with Crippen molar-refractivity contribution in [3.8, 4) is 0 Å². The molecule has 0 saturated carbocycles. The Kier molecular flexibility index (Phi) is 7.51.